The Hall–Kier alpha value is -3.54. The van der Waals surface area contributed by atoms with Gasteiger partial charge >= 0.3 is 6.18 Å². The molecule has 4 heterocycles. The maximum Gasteiger partial charge on any atom is 0.390 e. The van der Waals surface area contributed by atoms with Gasteiger partial charge in [-0.3, -0.25) is 9.13 Å². The average Bonchev–Trinajstić information content (AvgIpc) is 3.46. The molecule has 0 saturated heterocycles. The van der Waals surface area contributed by atoms with Gasteiger partial charge in [-0.05, 0) is 24.6 Å². The van der Waals surface area contributed by atoms with Crippen LogP contribution in [-0.4, -0.2) is 47.0 Å². The summed E-state index contributed by atoms with van der Waals surface area (Å²) in [6.07, 6.45) is 1.24. The van der Waals surface area contributed by atoms with Gasteiger partial charge < -0.3 is 4.90 Å². The van der Waals surface area contributed by atoms with Gasteiger partial charge in [0.15, 0.2) is 11.6 Å². The van der Waals surface area contributed by atoms with Crippen LogP contribution in [0.2, 0.25) is 5.02 Å². The van der Waals surface area contributed by atoms with E-state index in [1.54, 1.807) is 20.2 Å². The first-order chi connectivity index (χ1) is 16.3. The molecule has 5 rings (SSSR count). The van der Waals surface area contributed by atoms with Crippen molar-refractivity contribution in [3.05, 3.63) is 59.8 Å². The van der Waals surface area contributed by atoms with E-state index in [0.29, 0.717) is 35.1 Å². The van der Waals surface area contributed by atoms with Crippen LogP contribution in [0.1, 0.15) is 31.6 Å². The first-order valence-corrected chi connectivity index (χ1v) is 10.7. The van der Waals surface area contributed by atoms with Crippen molar-refractivity contribution in [3.63, 3.8) is 0 Å². The number of rotatable bonds is 5. The second kappa shape index (κ2) is 8.35. The maximum absolute atomic E-state index is 13.5. The molecule has 13 heteroatoms. The van der Waals surface area contributed by atoms with Crippen molar-refractivity contribution in [2.75, 3.05) is 11.4 Å². The van der Waals surface area contributed by atoms with E-state index in [2.05, 4.69) is 25.1 Å². The third kappa shape index (κ3) is 3.87. The number of halogens is 5. The summed E-state index contributed by atoms with van der Waals surface area (Å²) in [7, 11) is 0. The predicted octanol–water partition coefficient (Wildman–Crippen LogP) is 4.93. The van der Waals surface area contributed by atoms with E-state index in [-0.39, 0.29) is 17.5 Å². The van der Waals surface area contributed by atoms with Crippen molar-refractivity contribution in [1.82, 2.24) is 34.3 Å². The Kier molecular flexibility index (Phi) is 5.47. The molecular weight excluding hydrogens is 476 g/mol. The first kappa shape index (κ1) is 22.3. The molecule has 0 aliphatic carbocycles. The van der Waals surface area contributed by atoms with Crippen molar-refractivity contribution in [1.29, 1.82) is 0 Å². The molecule has 0 bridgehead atoms. The summed E-state index contributed by atoms with van der Waals surface area (Å²) >= 11 is 6.22. The number of benzene rings is 1. The predicted molar refractivity (Wildman–Crippen MR) is 116 cm³/mol. The van der Waals surface area contributed by atoms with Gasteiger partial charge in [0.1, 0.15) is 23.7 Å². The highest BCUT2D eigenvalue weighted by Crippen LogP contribution is 2.39. The van der Waals surface area contributed by atoms with Crippen LogP contribution in [0, 0.1) is 5.82 Å². The zero-order valence-electron chi connectivity index (χ0n) is 17.7. The molecule has 1 aliphatic rings. The Morgan fingerprint density at radius 1 is 1.15 bits per heavy atom. The molecule has 8 nitrogen and oxygen atoms in total. The lowest BCUT2D eigenvalue weighted by Gasteiger charge is -2.37. The van der Waals surface area contributed by atoms with Gasteiger partial charge in [0.05, 0.1) is 23.7 Å². The lowest BCUT2D eigenvalue weighted by atomic mass is 10.1. The van der Waals surface area contributed by atoms with Gasteiger partial charge in [-0.25, -0.2) is 14.4 Å². The van der Waals surface area contributed by atoms with Crippen molar-refractivity contribution < 1.29 is 17.6 Å². The molecule has 1 aliphatic heterocycles. The van der Waals surface area contributed by atoms with Crippen LogP contribution in [0.4, 0.5) is 23.4 Å². The summed E-state index contributed by atoms with van der Waals surface area (Å²) < 4.78 is 56.1. The topological polar surface area (TPSA) is 77.5 Å². The SMILES string of the molecule is CCC1c2nncn2-c2cnc(-n3ccnc3-c3ccc(F)cc3Cl)nc2N1CCC(F)(F)F. The fraction of sp³-hybridized carbons (Fsp3) is 0.286. The van der Waals surface area contributed by atoms with Crippen LogP contribution in [0.5, 0.6) is 0 Å². The van der Waals surface area contributed by atoms with Gasteiger partial charge in [-0.15, -0.1) is 10.2 Å². The molecular formula is C21H17ClF4N8. The molecule has 0 fully saturated rings. The fourth-order valence-electron chi connectivity index (χ4n) is 4.05. The Labute approximate surface area is 195 Å². The molecule has 176 valence electrons. The molecule has 0 N–H and O–H groups in total. The molecule has 0 saturated carbocycles. The highest BCUT2D eigenvalue weighted by atomic mass is 35.5. The maximum atomic E-state index is 13.5. The smallest absolute Gasteiger partial charge is 0.344 e. The standard InChI is InChI=1S/C21H17ClF4N8/c1-2-15-19-31-29-11-34(19)16-10-28-20(30-18(16)32(15)7-5-21(24,25)26)33-8-6-27-17(33)13-4-3-12(23)9-14(13)22/h3-4,6,8-11,15H,2,5,7H2,1H3. The summed E-state index contributed by atoms with van der Waals surface area (Å²) in [5.41, 5.74) is 0.924. The third-order valence-corrected chi connectivity index (χ3v) is 5.88. The normalized spacial score (nSPS) is 15.4. The van der Waals surface area contributed by atoms with Crippen molar-refractivity contribution in [3.8, 4) is 23.0 Å². The second-order valence-electron chi connectivity index (χ2n) is 7.67. The number of anilines is 1. The summed E-state index contributed by atoms with van der Waals surface area (Å²) in [4.78, 5) is 14.9. The quantitative estimate of drug-likeness (QED) is 0.368. The summed E-state index contributed by atoms with van der Waals surface area (Å²) in [6, 6.07) is 3.46. The van der Waals surface area contributed by atoms with E-state index in [4.69, 9.17) is 11.6 Å². The monoisotopic (exact) mass is 492 g/mol. The molecule has 1 aromatic carbocycles. The zero-order valence-corrected chi connectivity index (χ0v) is 18.5. The number of aromatic nitrogens is 7. The largest absolute Gasteiger partial charge is 0.390 e. The minimum absolute atomic E-state index is 0.150. The van der Waals surface area contributed by atoms with E-state index in [1.807, 2.05) is 6.92 Å². The molecule has 4 aromatic rings. The number of hydrogen-bond acceptors (Lipinski definition) is 6. The molecule has 3 aromatic heterocycles. The van der Waals surface area contributed by atoms with Crippen LogP contribution >= 0.6 is 11.6 Å². The lowest BCUT2D eigenvalue weighted by molar-refractivity contribution is -0.132. The third-order valence-electron chi connectivity index (χ3n) is 5.57. The minimum Gasteiger partial charge on any atom is -0.344 e. The van der Waals surface area contributed by atoms with Gasteiger partial charge in [-0.2, -0.15) is 18.2 Å². The van der Waals surface area contributed by atoms with Gasteiger partial charge in [0.2, 0.25) is 5.95 Å². The lowest BCUT2D eigenvalue weighted by Crippen LogP contribution is -2.38. The molecule has 0 radical (unpaired) electrons. The number of hydrogen-bond donors (Lipinski definition) is 0. The van der Waals surface area contributed by atoms with Crippen LogP contribution in [0.15, 0.2) is 43.1 Å². The van der Waals surface area contributed by atoms with Crippen LogP contribution < -0.4 is 4.90 Å². The highest BCUT2D eigenvalue weighted by Gasteiger charge is 2.37. The second-order valence-corrected chi connectivity index (χ2v) is 8.07. The zero-order chi connectivity index (χ0) is 24.0. The minimum atomic E-state index is -4.34. The molecule has 34 heavy (non-hydrogen) atoms. The number of imidazole rings is 1. The highest BCUT2D eigenvalue weighted by molar-refractivity contribution is 6.33. The molecule has 0 spiro atoms. The van der Waals surface area contributed by atoms with Crippen molar-refractivity contribution >= 4 is 17.4 Å². The Morgan fingerprint density at radius 3 is 2.71 bits per heavy atom. The summed E-state index contributed by atoms with van der Waals surface area (Å²) in [5.74, 6) is 0.885. The summed E-state index contributed by atoms with van der Waals surface area (Å²) in [5, 5.41) is 8.20. The number of nitrogens with zero attached hydrogens (tertiary/aromatic N) is 8. The van der Waals surface area contributed by atoms with Crippen molar-refractivity contribution in [2.24, 2.45) is 0 Å². The van der Waals surface area contributed by atoms with Gasteiger partial charge in [0.25, 0.3) is 0 Å². The van der Waals surface area contributed by atoms with E-state index >= 15 is 0 Å². The van der Waals surface area contributed by atoms with Crippen molar-refractivity contribution in [2.45, 2.75) is 32.0 Å². The van der Waals surface area contributed by atoms with E-state index < -0.39 is 24.5 Å². The fourth-order valence-corrected chi connectivity index (χ4v) is 4.30. The Balaban J connectivity index is 1.63. The van der Waals surface area contributed by atoms with E-state index in [0.717, 1.165) is 0 Å². The van der Waals surface area contributed by atoms with E-state index in [9.17, 15) is 17.6 Å². The van der Waals surface area contributed by atoms with E-state index in [1.165, 1.54) is 36.9 Å². The van der Waals surface area contributed by atoms with Crippen LogP contribution in [0.25, 0.3) is 23.0 Å². The molecule has 1 atom stereocenters. The van der Waals surface area contributed by atoms with Gasteiger partial charge in [-0.1, -0.05) is 18.5 Å². The Bertz CT molecular complexity index is 1350. The first-order valence-electron chi connectivity index (χ1n) is 10.4. The summed E-state index contributed by atoms with van der Waals surface area (Å²) in [6.45, 7) is 1.56. The Morgan fingerprint density at radius 2 is 1.97 bits per heavy atom. The number of alkyl halides is 3. The average molecular weight is 493 g/mol. The molecule has 0 amide bonds. The molecule has 1 unspecified atom stereocenters. The van der Waals surface area contributed by atoms with Gasteiger partial charge in [0, 0.05) is 24.5 Å². The van der Waals surface area contributed by atoms with Crippen LogP contribution in [0.3, 0.4) is 0 Å². The van der Waals surface area contributed by atoms with Crippen LogP contribution in [-0.2, 0) is 0 Å². The number of fused-ring (bicyclic) bond motifs is 3.